The Balaban J connectivity index is 1.40. The van der Waals surface area contributed by atoms with Gasteiger partial charge in [-0.05, 0) is 62.5 Å². The van der Waals surface area contributed by atoms with Gasteiger partial charge in [0, 0.05) is 23.5 Å². The topological polar surface area (TPSA) is 66.5 Å². The molecule has 6 nitrogen and oxygen atoms in total. The summed E-state index contributed by atoms with van der Waals surface area (Å²) >= 11 is 1.54. The van der Waals surface area contributed by atoms with Crippen molar-refractivity contribution in [3.05, 3.63) is 40.8 Å². The number of rotatable bonds is 4. The largest absolute Gasteiger partial charge is 0.377 e. The van der Waals surface area contributed by atoms with Crippen LogP contribution in [0, 0.1) is 6.92 Å². The normalized spacial score (nSPS) is 20.2. The first-order chi connectivity index (χ1) is 14.1. The molecule has 29 heavy (non-hydrogen) atoms. The molecule has 154 valence electrons. The van der Waals surface area contributed by atoms with Crippen molar-refractivity contribution in [3.8, 4) is 10.6 Å². The lowest BCUT2D eigenvalue weighted by molar-refractivity contribution is 0.161. The molecule has 2 aliphatic rings. The van der Waals surface area contributed by atoms with Crippen molar-refractivity contribution in [1.82, 2.24) is 15.2 Å². The summed E-state index contributed by atoms with van der Waals surface area (Å²) < 4.78 is 5.41. The minimum atomic E-state index is -0.180. The van der Waals surface area contributed by atoms with E-state index in [4.69, 9.17) is 4.74 Å². The SMILES string of the molecule is Cc1cc(-c2nc(NC(=O)N[C@H]3CCCN(C)C3)cs2)ccc1C1=CCOCC1. The van der Waals surface area contributed by atoms with Gasteiger partial charge in [0.15, 0.2) is 0 Å². The number of carbonyl (C=O) groups excluding carboxylic acids is 1. The lowest BCUT2D eigenvalue weighted by atomic mass is 9.95. The van der Waals surface area contributed by atoms with Crippen LogP contribution in [0.25, 0.3) is 16.1 Å². The number of ether oxygens (including phenoxy) is 1. The maximum absolute atomic E-state index is 12.3. The van der Waals surface area contributed by atoms with Crippen LogP contribution in [-0.2, 0) is 4.74 Å². The average molecular weight is 413 g/mol. The number of aromatic nitrogens is 1. The van der Waals surface area contributed by atoms with E-state index in [1.807, 2.05) is 5.38 Å². The van der Waals surface area contributed by atoms with Crippen LogP contribution in [0.2, 0.25) is 0 Å². The third-order valence-corrected chi connectivity index (χ3v) is 6.38. The highest BCUT2D eigenvalue weighted by Crippen LogP contribution is 2.31. The van der Waals surface area contributed by atoms with Crippen LogP contribution in [0.1, 0.15) is 30.4 Å². The van der Waals surface area contributed by atoms with E-state index in [0.717, 1.165) is 49.5 Å². The lowest BCUT2D eigenvalue weighted by Gasteiger charge is -2.30. The van der Waals surface area contributed by atoms with Crippen molar-refractivity contribution in [2.45, 2.75) is 32.2 Å². The Labute approximate surface area is 176 Å². The van der Waals surface area contributed by atoms with Crippen molar-refractivity contribution in [3.63, 3.8) is 0 Å². The summed E-state index contributed by atoms with van der Waals surface area (Å²) in [6.07, 6.45) is 5.26. The lowest BCUT2D eigenvalue weighted by Crippen LogP contribution is -2.47. The number of nitrogens with one attached hydrogen (secondary N) is 2. The molecular formula is C22H28N4O2S. The van der Waals surface area contributed by atoms with E-state index in [-0.39, 0.29) is 12.1 Å². The number of amides is 2. The summed E-state index contributed by atoms with van der Waals surface area (Å²) in [7, 11) is 2.09. The summed E-state index contributed by atoms with van der Waals surface area (Å²) in [4.78, 5) is 19.2. The maximum atomic E-state index is 12.3. The molecule has 0 unspecified atom stereocenters. The van der Waals surface area contributed by atoms with Crippen LogP contribution in [0.4, 0.5) is 10.6 Å². The van der Waals surface area contributed by atoms with Crippen LogP contribution in [0.3, 0.4) is 0 Å². The third kappa shape index (κ3) is 5.04. The highest BCUT2D eigenvalue weighted by molar-refractivity contribution is 7.13. The summed E-state index contributed by atoms with van der Waals surface area (Å²) in [6, 6.07) is 6.47. The van der Waals surface area contributed by atoms with E-state index in [2.05, 4.69) is 58.8 Å². The Morgan fingerprint density at radius 2 is 2.28 bits per heavy atom. The first kappa shape index (κ1) is 20.1. The molecule has 4 rings (SSSR count). The van der Waals surface area contributed by atoms with E-state index in [9.17, 15) is 4.79 Å². The number of anilines is 1. The van der Waals surface area contributed by atoms with Crippen LogP contribution >= 0.6 is 11.3 Å². The van der Waals surface area contributed by atoms with Crippen LogP contribution in [0.5, 0.6) is 0 Å². The average Bonchev–Trinajstić information content (AvgIpc) is 3.17. The quantitative estimate of drug-likeness (QED) is 0.792. The molecule has 1 fully saturated rings. The molecule has 7 heteroatoms. The zero-order valence-corrected chi connectivity index (χ0v) is 17.8. The van der Waals surface area contributed by atoms with Gasteiger partial charge in [0.25, 0.3) is 0 Å². The van der Waals surface area contributed by atoms with E-state index < -0.39 is 0 Å². The molecule has 0 radical (unpaired) electrons. The second-order valence-corrected chi connectivity index (χ2v) is 8.68. The predicted molar refractivity (Wildman–Crippen MR) is 118 cm³/mol. The fraction of sp³-hybridized carbons (Fsp3) is 0.455. The molecule has 2 amide bonds. The summed E-state index contributed by atoms with van der Waals surface area (Å²) in [5.41, 5.74) is 4.95. The van der Waals surface area contributed by atoms with E-state index >= 15 is 0 Å². The first-order valence-electron chi connectivity index (χ1n) is 10.2. The smallest absolute Gasteiger partial charge is 0.320 e. The molecule has 3 heterocycles. The van der Waals surface area contributed by atoms with Gasteiger partial charge < -0.3 is 15.0 Å². The number of benzene rings is 1. The minimum Gasteiger partial charge on any atom is -0.377 e. The molecular weight excluding hydrogens is 384 g/mol. The van der Waals surface area contributed by atoms with Gasteiger partial charge in [-0.15, -0.1) is 11.3 Å². The fourth-order valence-corrected chi connectivity index (χ4v) is 4.76. The van der Waals surface area contributed by atoms with Gasteiger partial charge >= 0.3 is 6.03 Å². The molecule has 2 aliphatic heterocycles. The number of likely N-dealkylation sites (tertiary alicyclic amines) is 1. The van der Waals surface area contributed by atoms with Crippen LogP contribution in [-0.4, -0.2) is 55.3 Å². The number of carbonyl (C=O) groups is 1. The van der Waals surface area contributed by atoms with E-state index in [1.165, 1.54) is 16.7 Å². The van der Waals surface area contributed by atoms with Gasteiger partial charge in [-0.3, -0.25) is 5.32 Å². The Bertz CT molecular complexity index is 908. The van der Waals surface area contributed by atoms with Gasteiger partial charge in [0.2, 0.25) is 0 Å². The monoisotopic (exact) mass is 412 g/mol. The van der Waals surface area contributed by atoms with Gasteiger partial charge in [0.1, 0.15) is 10.8 Å². The van der Waals surface area contributed by atoms with Crippen LogP contribution in [0.15, 0.2) is 29.7 Å². The molecule has 0 aliphatic carbocycles. The second kappa shape index (κ2) is 9.07. The highest BCUT2D eigenvalue weighted by atomic mass is 32.1. The molecule has 2 aromatic rings. The number of aryl methyl sites for hydroxylation is 1. The zero-order chi connectivity index (χ0) is 20.2. The molecule has 1 saturated heterocycles. The van der Waals surface area contributed by atoms with Crippen LogP contribution < -0.4 is 10.6 Å². The number of nitrogens with zero attached hydrogens (tertiary/aromatic N) is 2. The van der Waals surface area contributed by atoms with Crippen molar-refractivity contribution >= 4 is 28.8 Å². The van der Waals surface area contributed by atoms with E-state index in [0.29, 0.717) is 12.4 Å². The van der Waals surface area contributed by atoms with Gasteiger partial charge in [-0.25, -0.2) is 9.78 Å². The van der Waals surface area contributed by atoms with E-state index in [1.54, 1.807) is 11.3 Å². The number of thiazole rings is 1. The molecule has 0 saturated carbocycles. The Morgan fingerprint density at radius 3 is 3.03 bits per heavy atom. The molecule has 2 N–H and O–H groups in total. The molecule has 0 bridgehead atoms. The Morgan fingerprint density at radius 1 is 1.38 bits per heavy atom. The molecule has 1 aromatic heterocycles. The van der Waals surface area contributed by atoms with Gasteiger partial charge in [-0.2, -0.15) is 0 Å². The van der Waals surface area contributed by atoms with Crippen molar-refractivity contribution in [2.24, 2.45) is 0 Å². The first-order valence-corrected chi connectivity index (χ1v) is 11.1. The summed E-state index contributed by atoms with van der Waals surface area (Å²) in [5, 5.41) is 8.74. The number of urea groups is 1. The maximum Gasteiger partial charge on any atom is 0.320 e. The number of hydrogen-bond acceptors (Lipinski definition) is 5. The van der Waals surface area contributed by atoms with Crippen molar-refractivity contribution in [1.29, 1.82) is 0 Å². The summed E-state index contributed by atoms with van der Waals surface area (Å²) in [6.45, 7) is 5.60. The Kier molecular flexibility index (Phi) is 6.28. The number of hydrogen-bond donors (Lipinski definition) is 2. The summed E-state index contributed by atoms with van der Waals surface area (Å²) in [5.74, 6) is 0.598. The number of likely N-dealkylation sites (N-methyl/N-ethyl adjacent to an activating group) is 1. The minimum absolute atomic E-state index is 0.180. The van der Waals surface area contributed by atoms with Crippen molar-refractivity contribution < 1.29 is 9.53 Å². The molecule has 1 aromatic carbocycles. The number of piperidine rings is 1. The highest BCUT2D eigenvalue weighted by Gasteiger charge is 2.19. The third-order valence-electron chi connectivity index (χ3n) is 5.49. The zero-order valence-electron chi connectivity index (χ0n) is 17.0. The Hall–Kier alpha value is -2.22. The molecule has 1 atom stereocenters. The van der Waals surface area contributed by atoms with Gasteiger partial charge in [-0.1, -0.05) is 18.2 Å². The van der Waals surface area contributed by atoms with Gasteiger partial charge in [0.05, 0.1) is 13.2 Å². The van der Waals surface area contributed by atoms with Crippen molar-refractivity contribution in [2.75, 3.05) is 38.7 Å². The second-order valence-electron chi connectivity index (χ2n) is 7.82. The fourth-order valence-electron chi connectivity index (χ4n) is 4.01. The standard InChI is InChI=1S/C22H28N4O2S/c1-15-12-17(5-6-19(15)16-7-10-28-11-8-16)21-24-20(14-29-21)25-22(27)23-18-4-3-9-26(2)13-18/h5-7,12,14,18H,3-4,8-11,13H2,1-2H3,(H2,23,25,27)/t18-/m0/s1. The molecule has 0 spiro atoms. The predicted octanol–water partition coefficient (Wildman–Crippen LogP) is 4.14.